The molecule has 2 heteroatoms. The van der Waals surface area contributed by atoms with Gasteiger partial charge in [0.25, 0.3) is 0 Å². The van der Waals surface area contributed by atoms with Crippen LogP contribution >= 0.6 is 11.8 Å². The summed E-state index contributed by atoms with van der Waals surface area (Å²) in [6.45, 7) is 6.92. The smallest absolute Gasteiger partial charge is 0.0787 e. The SMILES string of the molecule is CCC(C)(C)CSC(NC)c1ccccc1. The highest BCUT2D eigenvalue weighted by atomic mass is 32.2. The van der Waals surface area contributed by atoms with Gasteiger partial charge in [-0.25, -0.2) is 0 Å². The zero-order valence-electron chi connectivity index (χ0n) is 10.8. The predicted octanol–water partition coefficient (Wildman–Crippen LogP) is 4.07. The Morgan fingerprint density at radius 1 is 1.25 bits per heavy atom. The molecule has 16 heavy (non-hydrogen) atoms. The summed E-state index contributed by atoms with van der Waals surface area (Å²) in [5, 5.41) is 3.79. The van der Waals surface area contributed by atoms with Gasteiger partial charge >= 0.3 is 0 Å². The maximum Gasteiger partial charge on any atom is 0.0787 e. The molecule has 0 aromatic heterocycles. The van der Waals surface area contributed by atoms with Gasteiger partial charge < -0.3 is 5.32 Å². The number of nitrogens with one attached hydrogen (secondary N) is 1. The Hall–Kier alpha value is -0.470. The van der Waals surface area contributed by atoms with Crippen LogP contribution in [0.25, 0.3) is 0 Å². The molecule has 1 unspecified atom stereocenters. The first-order valence-electron chi connectivity index (χ1n) is 5.93. The Labute approximate surface area is 104 Å². The van der Waals surface area contributed by atoms with Crippen LogP contribution in [-0.2, 0) is 0 Å². The molecule has 1 rings (SSSR count). The van der Waals surface area contributed by atoms with E-state index in [-0.39, 0.29) is 0 Å². The first-order valence-corrected chi connectivity index (χ1v) is 6.98. The Balaban J connectivity index is 2.57. The molecule has 0 heterocycles. The van der Waals surface area contributed by atoms with Gasteiger partial charge in [0, 0.05) is 5.75 Å². The van der Waals surface area contributed by atoms with E-state index in [0.29, 0.717) is 10.8 Å². The molecule has 1 aromatic rings. The van der Waals surface area contributed by atoms with Gasteiger partial charge in [-0.05, 0) is 18.0 Å². The fourth-order valence-electron chi connectivity index (χ4n) is 1.39. The third-order valence-electron chi connectivity index (χ3n) is 2.96. The Bertz CT molecular complexity index is 295. The van der Waals surface area contributed by atoms with Gasteiger partial charge in [-0.3, -0.25) is 0 Å². The van der Waals surface area contributed by atoms with Crippen LogP contribution < -0.4 is 5.32 Å². The van der Waals surface area contributed by atoms with Crippen LogP contribution in [0.1, 0.15) is 38.1 Å². The minimum atomic E-state index is 0.409. The Morgan fingerprint density at radius 3 is 2.38 bits per heavy atom. The van der Waals surface area contributed by atoms with Crippen molar-refractivity contribution in [2.75, 3.05) is 12.8 Å². The lowest BCUT2D eigenvalue weighted by Gasteiger charge is -2.25. The fourth-order valence-corrected chi connectivity index (χ4v) is 2.72. The summed E-state index contributed by atoms with van der Waals surface area (Å²) in [7, 11) is 2.03. The molecule has 0 spiro atoms. The van der Waals surface area contributed by atoms with Crippen molar-refractivity contribution in [1.29, 1.82) is 0 Å². The first-order chi connectivity index (χ1) is 7.59. The number of thioether (sulfide) groups is 1. The van der Waals surface area contributed by atoms with Crippen LogP contribution in [-0.4, -0.2) is 12.8 Å². The Kier molecular flexibility index (Phi) is 5.36. The van der Waals surface area contributed by atoms with E-state index in [0.717, 1.165) is 0 Å². The molecular formula is C14H23NS. The van der Waals surface area contributed by atoms with Gasteiger partial charge in [0.05, 0.1) is 5.37 Å². The average molecular weight is 237 g/mol. The molecule has 0 aliphatic rings. The van der Waals surface area contributed by atoms with Crippen molar-refractivity contribution >= 4 is 11.8 Å². The lowest BCUT2D eigenvalue weighted by atomic mass is 9.93. The van der Waals surface area contributed by atoms with Crippen LogP contribution in [0.15, 0.2) is 30.3 Å². The lowest BCUT2D eigenvalue weighted by molar-refractivity contribution is 0.407. The van der Waals surface area contributed by atoms with Crippen molar-refractivity contribution in [3.05, 3.63) is 35.9 Å². The molecule has 0 aliphatic carbocycles. The van der Waals surface area contributed by atoms with E-state index in [9.17, 15) is 0 Å². The van der Waals surface area contributed by atoms with E-state index in [1.807, 2.05) is 18.8 Å². The van der Waals surface area contributed by atoms with Crippen molar-refractivity contribution < 1.29 is 0 Å². The summed E-state index contributed by atoms with van der Waals surface area (Å²) in [4.78, 5) is 0. The standard InChI is InChI=1S/C14H23NS/c1-5-14(2,3)11-16-13(15-4)12-9-7-6-8-10-12/h6-10,13,15H,5,11H2,1-4H3. The largest absolute Gasteiger partial charge is 0.305 e. The maximum absolute atomic E-state index is 3.38. The minimum absolute atomic E-state index is 0.409. The second kappa shape index (κ2) is 6.31. The molecule has 1 N–H and O–H groups in total. The van der Waals surface area contributed by atoms with E-state index in [1.165, 1.54) is 17.7 Å². The number of hydrogen-bond acceptors (Lipinski definition) is 2. The summed E-state index contributed by atoms with van der Waals surface area (Å²) in [6, 6.07) is 10.6. The quantitative estimate of drug-likeness (QED) is 0.748. The molecule has 0 aliphatic heterocycles. The predicted molar refractivity (Wildman–Crippen MR) is 74.8 cm³/mol. The summed E-state index contributed by atoms with van der Waals surface area (Å²) >= 11 is 2.00. The second-order valence-corrected chi connectivity index (χ2v) is 6.00. The van der Waals surface area contributed by atoms with E-state index in [1.54, 1.807) is 0 Å². The number of benzene rings is 1. The highest BCUT2D eigenvalue weighted by Gasteiger charge is 2.18. The van der Waals surface area contributed by atoms with Crippen molar-refractivity contribution in [3.63, 3.8) is 0 Å². The normalized spacial score (nSPS) is 13.8. The van der Waals surface area contributed by atoms with Crippen LogP contribution in [0.5, 0.6) is 0 Å². The van der Waals surface area contributed by atoms with Crippen molar-refractivity contribution in [1.82, 2.24) is 5.32 Å². The van der Waals surface area contributed by atoms with E-state index >= 15 is 0 Å². The first kappa shape index (κ1) is 13.6. The topological polar surface area (TPSA) is 12.0 Å². The summed E-state index contributed by atoms with van der Waals surface area (Å²) < 4.78 is 0. The molecule has 0 fully saturated rings. The third kappa shape index (κ3) is 4.18. The second-order valence-electron chi connectivity index (χ2n) is 4.91. The van der Waals surface area contributed by atoms with Crippen molar-refractivity contribution in [2.45, 2.75) is 32.6 Å². The van der Waals surface area contributed by atoms with E-state index in [4.69, 9.17) is 0 Å². The molecule has 0 radical (unpaired) electrons. The molecule has 1 aromatic carbocycles. The van der Waals surface area contributed by atoms with E-state index < -0.39 is 0 Å². The summed E-state index contributed by atoms with van der Waals surface area (Å²) in [6.07, 6.45) is 1.23. The lowest BCUT2D eigenvalue weighted by Crippen LogP contribution is -2.19. The van der Waals surface area contributed by atoms with Gasteiger partial charge in [0.1, 0.15) is 0 Å². The summed E-state index contributed by atoms with van der Waals surface area (Å²) in [5.74, 6) is 1.18. The molecule has 0 bridgehead atoms. The summed E-state index contributed by atoms with van der Waals surface area (Å²) in [5.41, 5.74) is 1.79. The van der Waals surface area contributed by atoms with Crippen LogP contribution in [0.2, 0.25) is 0 Å². The van der Waals surface area contributed by atoms with Crippen LogP contribution in [0.3, 0.4) is 0 Å². The molecule has 1 nitrogen and oxygen atoms in total. The zero-order valence-corrected chi connectivity index (χ0v) is 11.6. The van der Waals surface area contributed by atoms with E-state index in [2.05, 4.69) is 56.4 Å². The molecular weight excluding hydrogens is 214 g/mol. The molecule has 90 valence electrons. The highest BCUT2D eigenvalue weighted by Crippen LogP contribution is 2.33. The van der Waals surface area contributed by atoms with Crippen LogP contribution in [0, 0.1) is 5.41 Å². The Morgan fingerprint density at radius 2 is 1.88 bits per heavy atom. The van der Waals surface area contributed by atoms with Gasteiger partial charge in [-0.1, -0.05) is 57.5 Å². The molecule has 1 atom stereocenters. The molecule has 0 amide bonds. The number of hydrogen-bond donors (Lipinski definition) is 1. The van der Waals surface area contributed by atoms with Crippen molar-refractivity contribution in [3.8, 4) is 0 Å². The fraction of sp³-hybridized carbons (Fsp3) is 0.571. The minimum Gasteiger partial charge on any atom is -0.305 e. The number of rotatable bonds is 6. The third-order valence-corrected chi connectivity index (χ3v) is 4.75. The van der Waals surface area contributed by atoms with Crippen LogP contribution in [0.4, 0.5) is 0 Å². The maximum atomic E-state index is 3.38. The van der Waals surface area contributed by atoms with Gasteiger partial charge in [-0.15, -0.1) is 11.8 Å². The molecule has 0 saturated heterocycles. The van der Waals surface area contributed by atoms with Gasteiger partial charge in [0.15, 0.2) is 0 Å². The zero-order chi connectivity index (χ0) is 12.0. The molecule has 0 saturated carbocycles. The van der Waals surface area contributed by atoms with Gasteiger partial charge in [-0.2, -0.15) is 0 Å². The van der Waals surface area contributed by atoms with Crippen molar-refractivity contribution in [2.24, 2.45) is 5.41 Å². The highest BCUT2D eigenvalue weighted by molar-refractivity contribution is 7.99. The monoisotopic (exact) mass is 237 g/mol. The van der Waals surface area contributed by atoms with Gasteiger partial charge in [0.2, 0.25) is 0 Å². The average Bonchev–Trinajstić information content (AvgIpc) is 2.31.